The van der Waals surface area contributed by atoms with Gasteiger partial charge < -0.3 is 14.2 Å². The number of halogens is 1. The molecule has 1 rings (SSSR count). The van der Waals surface area contributed by atoms with Crippen molar-refractivity contribution < 1.29 is 14.2 Å². The highest BCUT2D eigenvalue weighted by molar-refractivity contribution is 9.10. The Morgan fingerprint density at radius 2 is 1.62 bits per heavy atom. The van der Waals surface area contributed by atoms with Crippen LogP contribution in [0.1, 0.15) is 13.8 Å². The van der Waals surface area contributed by atoms with Gasteiger partial charge in [-0.05, 0) is 38.1 Å². The first-order valence-electron chi connectivity index (χ1n) is 5.37. The van der Waals surface area contributed by atoms with Gasteiger partial charge in [-0.2, -0.15) is 0 Å². The van der Waals surface area contributed by atoms with Crippen molar-refractivity contribution in [1.29, 1.82) is 0 Å². The molecule has 0 radical (unpaired) electrons. The molecule has 0 N–H and O–H groups in total. The average molecular weight is 289 g/mol. The van der Waals surface area contributed by atoms with Gasteiger partial charge in [-0.25, -0.2) is 0 Å². The number of ether oxygens (including phenoxy) is 3. The third-order valence-corrected chi connectivity index (χ3v) is 2.43. The normalized spacial score (nSPS) is 10.8. The van der Waals surface area contributed by atoms with Gasteiger partial charge in [0.25, 0.3) is 0 Å². The van der Waals surface area contributed by atoms with Gasteiger partial charge in [0.15, 0.2) is 6.29 Å². The van der Waals surface area contributed by atoms with Crippen LogP contribution in [0.15, 0.2) is 28.7 Å². The monoisotopic (exact) mass is 288 g/mol. The second-order valence-electron chi connectivity index (χ2n) is 3.11. The maximum atomic E-state index is 5.56. The molecule has 0 aliphatic heterocycles. The lowest BCUT2D eigenvalue weighted by Gasteiger charge is -2.17. The quantitative estimate of drug-likeness (QED) is 0.721. The molecular formula is C12H17BrO3. The van der Waals surface area contributed by atoms with E-state index in [1.54, 1.807) is 0 Å². The van der Waals surface area contributed by atoms with E-state index in [4.69, 9.17) is 14.2 Å². The van der Waals surface area contributed by atoms with E-state index in [0.29, 0.717) is 19.8 Å². The zero-order chi connectivity index (χ0) is 11.8. The van der Waals surface area contributed by atoms with Gasteiger partial charge in [-0.3, -0.25) is 0 Å². The molecule has 0 amide bonds. The van der Waals surface area contributed by atoms with Crippen molar-refractivity contribution in [1.82, 2.24) is 0 Å². The van der Waals surface area contributed by atoms with Crippen molar-refractivity contribution in [3.8, 4) is 5.75 Å². The second-order valence-corrected chi connectivity index (χ2v) is 4.02. The van der Waals surface area contributed by atoms with E-state index < -0.39 is 0 Å². The molecule has 0 atom stereocenters. The van der Waals surface area contributed by atoms with Crippen molar-refractivity contribution in [2.75, 3.05) is 19.8 Å². The third-order valence-electron chi connectivity index (χ3n) is 1.90. The van der Waals surface area contributed by atoms with E-state index in [-0.39, 0.29) is 6.29 Å². The Bertz CT molecular complexity index is 281. The smallest absolute Gasteiger partial charge is 0.191 e. The van der Waals surface area contributed by atoms with Gasteiger partial charge in [0, 0.05) is 17.7 Å². The second kappa shape index (κ2) is 7.65. The summed E-state index contributed by atoms with van der Waals surface area (Å²) >= 11 is 3.37. The fourth-order valence-electron chi connectivity index (χ4n) is 1.21. The number of rotatable bonds is 7. The van der Waals surface area contributed by atoms with E-state index in [2.05, 4.69) is 15.9 Å². The Hall–Kier alpha value is -0.580. The van der Waals surface area contributed by atoms with Crippen molar-refractivity contribution >= 4 is 15.9 Å². The Labute approximate surface area is 105 Å². The zero-order valence-corrected chi connectivity index (χ0v) is 11.2. The van der Waals surface area contributed by atoms with E-state index in [0.717, 1.165) is 10.2 Å². The summed E-state index contributed by atoms with van der Waals surface area (Å²) in [5.74, 6) is 0.813. The van der Waals surface area contributed by atoms with Crippen LogP contribution in [0.5, 0.6) is 5.75 Å². The van der Waals surface area contributed by atoms with Crippen LogP contribution in [0.3, 0.4) is 0 Å². The van der Waals surface area contributed by atoms with Crippen LogP contribution in [0.25, 0.3) is 0 Å². The standard InChI is InChI=1S/C12H17BrO3/c1-3-14-12(15-4-2)9-16-11-7-5-10(13)6-8-11/h5-8,12H,3-4,9H2,1-2H3. The average Bonchev–Trinajstić information content (AvgIpc) is 2.29. The molecule has 0 aliphatic carbocycles. The summed E-state index contributed by atoms with van der Waals surface area (Å²) in [5.41, 5.74) is 0. The molecule has 0 fully saturated rings. The van der Waals surface area contributed by atoms with Gasteiger partial charge in [0.1, 0.15) is 12.4 Å². The van der Waals surface area contributed by atoms with Crippen LogP contribution in [0, 0.1) is 0 Å². The summed E-state index contributed by atoms with van der Waals surface area (Å²) < 4.78 is 17.3. The molecule has 0 saturated heterocycles. The van der Waals surface area contributed by atoms with Crippen LogP contribution in [-0.4, -0.2) is 26.1 Å². The molecule has 16 heavy (non-hydrogen) atoms. The fourth-order valence-corrected chi connectivity index (χ4v) is 1.48. The number of benzene rings is 1. The van der Waals surface area contributed by atoms with Crippen molar-refractivity contribution in [2.45, 2.75) is 20.1 Å². The lowest BCUT2D eigenvalue weighted by Crippen LogP contribution is -2.25. The van der Waals surface area contributed by atoms with Crippen LogP contribution in [0.4, 0.5) is 0 Å². The Morgan fingerprint density at radius 1 is 1.06 bits per heavy atom. The first-order valence-corrected chi connectivity index (χ1v) is 6.17. The minimum atomic E-state index is -0.293. The maximum Gasteiger partial charge on any atom is 0.191 e. The highest BCUT2D eigenvalue weighted by atomic mass is 79.9. The van der Waals surface area contributed by atoms with Crippen LogP contribution in [-0.2, 0) is 9.47 Å². The van der Waals surface area contributed by atoms with E-state index in [9.17, 15) is 0 Å². The van der Waals surface area contributed by atoms with Gasteiger partial charge in [-0.15, -0.1) is 0 Å². The fraction of sp³-hybridized carbons (Fsp3) is 0.500. The molecule has 90 valence electrons. The number of hydrogen-bond donors (Lipinski definition) is 0. The molecule has 4 heteroatoms. The van der Waals surface area contributed by atoms with Crippen molar-refractivity contribution in [3.05, 3.63) is 28.7 Å². The summed E-state index contributed by atoms with van der Waals surface area (Å²) in [6.07, 6.45) is -0.293. The molecule has 0 aliphatic rings. The first kappa shape index (κ1) is 13.5. The summed E-state index contributed by atoms with van der Waals surface area (Å²) in [5, 5.41) is 0. The highest BCUT2D eigenvalue weighted by Crippen LogP contribution is 2.16. The molecule has 0 bridgehead atoms. The summed E-state index contributed by atoms with van der Waals surface area (Å²) in [6.45, 7) is 5.52. The largest absolute Gasteiger partial charge is 0.488 e. The molecule has 1 aromatic rings. The van der Waals surface area contributed by atoms with Gasteiger partial charge in [-0.1, -0.05) is 15.9 Å². The summed E-state index contributed by atoms with van der Waals surface area (Å²) in [6, 6.07) is 7.68. The molecule has 0 unspecified atom stereocenters. The molecule has 0 aromatic heterocycles. The minimum absolute atomic E-state index is 0.293. The van der Waals surface area contributed by atoms with Gasteiger partial charge in [0.05, 0.1) is 0 Å². The molecule has 0 heterocycles. The summed E-state index contributed by atoms with van der Waals surface area (Å²) in [4.78, 5) is 0. The lowest BCUT2D eigenvalue weighted by molar-refractivity contribution is -0.152. The van der Waals surface area contributed by atoms with Gasteiger partial charge >= 0.3 is 0 Å². The SMILES string of the molecule is CCOC(COc1ccc(Br)cc1)OCC. The Balaban J connectivity index is 2.38. The van der Waals surface area contributed by atoms with Crippen LogP contribution in [0.2, 0.25) is 0 Å². The predicted molar refractivity (Wildman–Crippen MR) is 66.7 cm³/mol. The topological polar surface area (TPSA) is 27.7 Å². The highest BCUT2D eigenvalue weighted by Gasteiger charge is 2.08. The maximum absolute atomic E-state index is 5.56. The van der Waals surface area contributed by atoms with Crippen molar-refractivity contribution in [2.24, 2.45) is 0 Å². The predicted octanol–water partition coefficient (Wildman–Crippen LogP) is 3.23. The zero-order valence-electron chi connectivity index (χ0n) is 9.61. The van der Waals surface area contributed by atoms with E-state index in [1.165, 1.54) is 0 Å². The third kappa shape index (κ3) is 4.96. The van der Waals surface area contributed by atoms with Gasteiger partial charge in [0.2, 0.25) is 0 Å². The minimum Gasteiger partial charge on any atom is -0.488 e. The first-order chi connectivity index (χ1) is 7.76. The van der Waals surface area contributed by atoms with Crippen LogP contribution < -0.4 is 4.74 Å². The molecule has 1 aromatic carbocycles. The molecule has 0 spiro atoms. The lowest BCUT2D eigenvalue weighted by atomic mass is 10.3. The van der Waals surface area contributed by atoms with Crippen LogP contribution >= 0.6 is 15.9 Å². The Morgan fingerprint density at radius 3 is 2.12 bits per heavy atom. The van der Waals surface area contributed by atoms with Crippen molar-refractivity contribution in [3.63, 3.8) is 0 Å². The van der Waals surface area contributed by atoms with E-state index >= 15 is 0 Å². The molecular weight excluding hydrogens is 272 g/mol. The molecule has 3 nitrogen and oxygen atoms in total. The Kier molecular flexibility index (Phi) is 6.45. The summed E-state index contributed by atoms with van der Waals surface area (Å²) in [7, 11) is 0. The number of hydrogen-bond acceptors (Lipinski definition) is 3. The van der Waals surface area contributed by atoms with E-state index in [1.807, 2.05) is 38.1 Å². The molecule has 0 saturated carbocycles.